The number of fused-ring (bicyclic) bond motifs is 2. The van der Waals surface area contributed by atoms with Crippen molar-refractivity contribution in [2.24, 2.45) is 0 Å². The lowest BCUT2D eigenvalue weighted by Gasteiger charge is -2.08. The van der Waals surface area contributed by atoms with E-state index in [0.29, 0.717) is 23.1 Å². The minimum atomic E-state index is 0.132. The Hall–Kier alpha value is -4.87. The fourth-order valence-electron chi connectivity index (χ4n) is 4.57. The molecule has 6 heteroatoms. The van der Waals surface area contributed by atoms with E-state index < -0.39 is 0 Å². The predicted molar refractivity (Wildman–Crippen MR) is 152 cm³/mol. The van der Waals surface area contributed by atoms with Crippen molar-refractivity contribution in [1.29, 1.82) is 0 Å². The molecule has 7 aromatic rings. The van der Waals surface area contributed by atoms with Gasteiger partial charge in [-0.15, -0.1) is 0 Å². The first-order valence-electron chi connectivity index (χ1n) is 12.2. The lowest BCUT2D eigenvalue weighted by atomic mass is 10.00. The molecule has 180 valence electrons. The van der Waals surface area contributed by atoms with E-state index in [4.69, 9.17) is 21.0 Å². The first kappa shape index (κ1) is 22.3. The largest absolute Gasteiger partial charge is 0.436 e. The topological polar surface area (TPSA) is 64.7 Å². The molecule has 0 aliphatic carbocycles. The average Bonchev–Trinajstić information content (AvgIpc) is 3.41. The molecule has 0 N–H and O–H groups in total. The Morgan fingerprint density at radius 2 is 1.05 bits per heavy atom. The van der Waals surface area contributed by atoms with Crippen LogP contribution in [0.5, 0.6) is 0 Å². The van der Waals surface area contributed by atoms with E-state index in [1.807, 2.05) is 72.8 Å². The van der Waals surface area contributed by atoms with Gasteiger partial charge in [0.25, 0.3) is 0 Å². The van der Waals surface area contributed by atoms with Gasteiger partial charge in [0, 0.05) is 16.7 Å². The third-order valence-electron chi connectivity index (χ3n) is 6.48. The van der Waals surface area contributed by atoms with Crippen LogP contribution >= 0.6 is 11.6 Å². The normalized spacial score (nSPS) is 11.3. The van der Waals surface area contributed by atoms with Crippen LogP contribution in [0.4, 0.5) is 0 Å². The Morgan fingerprint density at radius 3 is 1.76 bits per heavy atom. The van der Waals surface area contributed by atoms with Gasteiger partial charge in [-0.2, -0.15) is 9.97 Å². The molecule has 5 nitrogen and oxygen atoms in total. The van der Waals surface area contributed by atoms with E-state index in [-0.39, 0.29) is 5.28 Å². The Kier molecular flexibility index (Phi) is 5.42. The van der Waals surface area contributed by atoms with Crippen molar-refractivity contribution >= 4 is 33.5 Å². The smallest absolute Gasteiger partial charge is 0.227 e. The number of aromatic nitrogens is 4. The summed E-state index contributed by atoms with van der Waals surface area (Å²) >= 11 is 6.36. The van der Waals surface area contributed by atoms with E-state index >= 15 is 0 Å². The summed E-state index contributed by atoms with van der Waals surface area (Å²) in [7, 11) is 0. The molecule has 0 fully saturated rings. The highest BCUT2D eigenvalue weighted by atomic mass is 35.5. The molecule has 0 unspecified atom stereocenters. The zero-order valence-corrected chi connectivity index (χ0v) is 20.8. The highest BCUT2D eigenvalue weighted by Gasteiger charge is 2.14. The maximum atomic E-state index is 6.36. The summed E-state index contributed by atoms with van der Waals surface area (Å²) in [6.07, 6.45) is 0. The van der Waals surface area contributed by atoms with Gasteiger partial charge >= 0.3 is 0 Å². The van der Waals surface area contributed by atoms with Crippen molar-refractivity contribution < 1.29 is 4.42 Å². The minimum Gasteiger partial charge on any atom is -0.436 e. The van der Waals surface area contributed by atoms with E-state index in [1.165, 1.54) is 11.1 Å². The molecular weight excluding hydrogens is 492 g/mol. The third-order valence-corrected chi connectivity index (χ3v) is 6.65. The Balaban J connectivity index is 1.25. The summed E-state index contributed by atoms with van der Waals surface area (Å²) in [6.45, 7) is 0. The van der Waals surface area contributed by atoms with E-state index in [1.54, 1.807) is 0 Å². The van der Waals surface area contributed by atoms with Gasteiger partial charge in [-0.1, -0.05) is 72.8 Å². The van der Waals surface area contributed by atoms with Crippen LogP contribution in [0, 0.1) is 0 Å². The van der Waals surface area contributed by atoms with Crippen LogP contribution in [0.15, 0.2) is 120 Å². The highest BCUT2D eigenvalue weighted by Crippen LogP contribution is 2.30. The van der Waals surface area contributed by atoms with Gasteiger partial charge in [0.05, 0.1) is 0 Å². The number of nitrogens with zero attached hydrogens (tertiary/aromatic N) is 4. The van der Waals surface area contributed by atoms with Gasteiger partial charge < -0.3 is 4.42 Å². The summed E-state index contributed by atoms with van der Waals surface area (Å²) in [4.78, 5) is 18.2. The standard InChI is InChI=1S/C32H19ClN4O/c33-32-36-29(25-14-13-23-17-22(11-12-24(23)18-25)20-7-3-1-4-8-20)35-30(37-32)26-15-16-27-28(19-26)38-31(34-27)21-9-5-2-6-10-21/h1-19H. The quantitative estimate of drug-likeness (QED) is 0.237. The predicted octanol–water partition coefficient (Wildman–Crippen LogP) is 8.49. The Bertz CT molecular complexity index is 1930. The van der Waals surface area contributed by atoms with Crippen molar-refractivity contribution in [2.45, 2.75) is 0 Å². The van der Waals surface area contributed by atoms with Crippen LogP contribution in [0.3, 0.4) is 0 Å². The summed E-state index contributed by atoms with van der Waals surface area (Å²) in [5, 5.41) is 2.37. The third kappa shape index (κ3) is 4.19. The van der Waals surface area contributed by atoms with Crippen LogP contribution < -0.4 is 0 Å². The van der Waals surface area contributed by atoms with Crippen molar-refractivity contribution in [3.8, 4) is 45.4 Å². The van der Waals surface area contributed by atoms with Crippen molar-refractivity contribution in [3.63, 3.8) is 0 Å². The van der Waals surface area contributed by atoms with Gasteiger partial charge in [0.15, 0.2) is 17.2 Å². The van der Waals surface area contributed by atoms with Crippen LogP contribution in [0.2, 0.25) is 5.28 Å². The zero-order chi connectivity index (χ0) is 25.5. The van der Waals surface area contributed by atoms with Gasteiger partial charge in [-0.3, -0.25) is 0 Å². The van der Waals surface area contributed by atoms with E-state index in [9.17, 15) is 0 Å². The molecule has 0 spiro atoms. The minimum absolute atomic E-state index is 0.132. The highest BCUT2D eigenvalue weighted by molar-refractivity contribution is 6.28. The molecule has 0 bridgehead atoms. The zero-order valence-electron chi connectivity index (χ0n) is 20.0. The molecule has 0 aliphatic heterocycles. The van der Waals surface area contributed by atoms with Gasteiger partial charge in [-0.25, -0.2) is 9.97 Å². The Morgan fingerprint density at radius 1 is 0.474 bits per heavy atom. The number of benzene rings is 5. The molecule has 0 radical (unpaired) electrons. The van der Waals surface area contributed by atoms with Crippen molar-refractivity contribution in [2.75, 3.05) is 0 Å². The maximum Gasteiger partial charge on any atom is 0.227 e. The van der Waals surface area contributed by atoms with Gasteiger partial charge in [0.2, 0.25) is 11.2 Å². The molecule has 2 aromatic heterocycles. The summed E-state index contributed by atoms with van der Waals surface area (Å²) in [5.74, 6) is 1.55. The number of rotatable bonds is 4. The maximum absolute atomic E-state index is 6.36. The molecule has 2 heterocycles. The number of hydrogen-bond donors (Lipinski definition) is 0. The van der Waals surface area contributed by atoms with Crippen molar-refractivity contribution in [1.82, 2.24) is 19.9 Å². The van der Waals surface area contributed by atoms with Crippen LogP contribution in [0.1, 0.15) is 0 Å². The molecule has 0 amide bonds. The molecule has 5 aromatic carbocycles. The molecule has 0 atom stereocenters. The lowest BCUT2D eigenvalue weighted by molar-refractivity contribution is 0.620. The molecular formula is C32H19ClN4O. The number of halogens is 1. The summed E-state index contributed by atoms with van der Waals surface area (Å²) in [5.41, 5.74) is 6.33. The second-order valence-corrected chi connectivity index (χ2v) is 9.30. The first-order valence-corrected chi connectivity index (χ1v) is 12.5. The fraction of sp³-hybridized carbons (Fsp3) is 0. The fourth-order valence-corrected chi connectivity index (χ4v) is 4.73. The molecule has 0 saturated carbocycles. The number of hydrogen-bond acceptors (Lipinski definition) is 5. The van der Waals surface area contributed by atoms with E-state index in [2.05, 4.69) is 57.4 Å². The second kappa shape index (κ2) is 9.21. The average molecular weight is 511 g/mol. The van der Waals surface area contributed by atoms with Crippen LogP contribution in [-0.2, 0) is 0 Å². The SMILES string of the molecule is Clc1nc(-c2ccc3cc(-c4ccccc4)ccc3c2)nc(-c2ccc3nc(-c4ccccc4)oc3c2)n1. The van der Waals surface area contributed by atoms with Crippen molar-refractivity contribution in [3.05, 3.63) is 121 Å². The van der Waals surface area contributed by atoms with Gasteiger partial charge in [-0.05, 0) is 76.0 Å². The molecule has 38 heavy (non-hydrogen) atoms. The summed E-state index contributed by atoms with van der Waals surface area (Å²) in [6, 6.07) is 38.5. The molecule has 0 saturated heterocycles. The molecule has 7 rings (SSSR count). The van der Waals surface area contributed by atoms with Crippen LogP contribution in [0.25, 0.3) is 67.2 Å². The number of oxazole rings is 1. The monoisotopic (exact) mass is 510 g/mol. The second-order valence-electron chi connectivity index (χ2n) is 8.96. The van der Waals surface area contributed by atoms with Crippen LogP contribution in [-0.4, -0.2) is 19.9 Å². The molecule has 0 aliphatic rings. The summed E-state index contributed by atoms with van der Waals surface area (Å²) < 4.78 is 6.04. The lowest BCUT2D eigenvalue weighted by Crippen LogP contribution is -1.97. The first-order chi connectivity index (χ1) is 18.7. The Labute approximate surface area is 223 Å². The van der Waals surface area contributed by atoms with E-state index in [0.717, 1.165) is 33.0 Å². The van der Waals surface area contributed by atoms with Gasteiger partial charge in [0.1, 0.15) is 5.52 Å².